The van der Waals surface area contributed by atoms with Gasteiger partial charge >= 0.3 is 6.03 Å². The van der Waals surface area contributed by atoms with E-state index in [0.717, 1.165) is 5.56 Å². The zero-order chi connectivity index (χ0) is 15.9. The lowest BCUT2D eigenvalue weighted by atomic mass is 10.2. The molecule has 2 aromatic rings. The minimum absolute atomic E-state index is 0.0938. The number of benzene rings is 1. The second-order valence-electron chi connectivity index (χ2n) is 5.26. The molecule has 1 saturated heterocycles. The van der Waals surface area contributed by atoms with Crippen molar-refractivity contribution in [3.05, 3.63) is 48.2 Å². The van der Waals surface area contributed by atoms with E-state index in [-0.39, 0.29) is 12.1 Å². The van der Waals surface area contributed by atoms with E-state index in [2.05, 4.69) is 15.7 Å². The highest BCUT2D eigenvalue weighted by Crippen LogP contribution is 2.10. The summed E-state index contributed by atoms with van der Waals surface area (Å²) in [5.41, 5.74) is 1.12. The lowest BCUT2D eigenvalue weighted by Crippen LogP contribution is -2.41. The number of carbonyl (C=O) groups is 1. The van der Waals surface area contributed by atoms with E-state index in [1.165, 1.54) is 0 Å². The van der Waals surface area contributed by atoms with Gasteiger partial charge in [0.05, 0.1) is 38.7 Å². The predicted molar refractivity (Wildman–Crippen MR) is 85.4 cm³/mol. The molecule has 3 rings (SSSR count). The first-order valence-electron chi connectivity index (χ1n) is 7.61. The van der Waals surface area contributed by atoms with Gasteiger partial charge in [0.2, 0.25) is 0 Å². The Bertz CT molecular complexity index is 623. The second kappa shape index (κ2) is 7.75. The lowest BCUT2D eigenvalue weighted by molar-refractivity contribution is -0.0852. The Morgan fingerprint density at radius 2 is 2.13 bits per heavy atom. The number of nitrogens with zero attached hydrogens (tertiary/aromatic N) is 2. The third-order valence-corrected chi connectivity index (χ3v) is 3.51. The second-order valence-corrected chi connectivity index (χ2v) is 5.26. The van der Waals surface area contributed by atoms with Crippen molar-refractivity contribution in [3.63, 3.8) is 0 Å². The molecule has 1 aliphatic rings. The van der Waals surface area contributed by atoms with Crippen LogP contribution in [-0.2, 0) is 16.0 Å². The molecule has 1 fully saturated rings. The third kappa shape index (κ3) is 4.54. The van der Waals surface area contributed by atoms with Gasteiger partial charge in [-0.3, -0.25) is 5.32 Å². The molecule has 23 heavy (non-hydrogen) atoms. The molecule has 0 bridgehead atoms. The Labute approximate surface area is 134 Å². The van der Waals surface area contributed by atoms with Gasteiger partial charge in [-0.25, -0.2) is 9.48 Å². The van der Waals surface area contributed by atoms with Crippen LogP contribution >= 0.6 is 0 Å². The van der Waals surface area contributed by atoms with Crippen LogP contribution in [0, 0.1) is 0 Å². The van der Waals surface area contributed by atoms with Gasteiger partial charge in [-0.05, 0) is 5.56 Å². The van der Waals surface area contributed by atoms with Gasteiger partial charge in [0, 0.05) is 12.6 Å². The van der Waals surface area contributed by atoms with E-state index in [9.17, 15) is 4.79 Å². The van der Waals surface area contributed by atoms with E-state index in [4.69, 9.17) is 9.47 Å². The number of rotatable bonds is 5. The van der Waals surface area contributed by atoms with Gasteiger partial charge in [-0.15, -0.1) is 0 Å². The molecule has 122 valence electrons. The molecule has 0 unspecified atom stereocenters. The highest BCUT2D eigenvalue weighted by Gasteiger charge is 2.15. The van der Waals surface area contributed by atoms with Crippen LogP contribution in [0.3, 0.4) is 0 Å². The number of amides is 2. The smallest absolute Gasteiger partial charge is 0.320 e. The summed E-state index contributed by atoms with van der Waals surface area (Å²) in [6.45, 7) is 2.70. The molecule has 0 aliphatic carbocycles. The quantitative estimate of drug-likeness (QED) is 0.876. The zero-order valence-electron chi connectivity index (χ0n) is 12.8. The number of hydrogen-bond donors (Lipinski definition) is 2. The fourth-order valence-corrected chi connectivity index (χ4v) is 2.34. The van der Waals surface area contributed by atoms with Crippen molar-refractivity contribution < 1.29 is 14.3 Å². The van der Waals surface area contributed by atoms with Crippen molar-refractivity contribution in [3.8, 4) is 0 Å². The van der Waals surface area contributed by atoms with E-state index in [0.29, 0.717) is 38.7 Å². The number of anilines is 1. The Hall–Kier alpha value is -2.38. The van der Waals surface area contributed by atoms with Gasteiger partial charge in [0.25, 0.3) is 0 Å². The number of carbonyl (C=O) groups excluding carboxylic acids is 1. The van der Waals surface area contributed by atoms with Gasteiger partial charge in [-0.1, -0.05) is 30.3 Å². The molecule has 1 aliphatic heterocycles. The van der Waals surface area contributed by atoms with Crippen LogP contribution in [0.5, 0.6) is 0 Å². The minimum Gasteiger partial charge on any atom is -0.376 e. The van der Waals surface area contributed by atoms with Crippen LogP contribution in [0.25, 0.3) is 0 Å². The van der Waals surface area contributed by atoms with Crippen LogP contribution in [0.2, 0.25) is 0 Å². The number of nitrogens with one attached hydrogen (secondary N) is 2. The molecule has 0 saturated carbocycles. The Morgan fingerprint density at radius 1 is 1.26 bits per heavy atom. The fraction of sp³-hybridized carbons (Fsp3) is 0.375. The highest BCUT2D eigenvalue weighted by molar-refractivity contribution is 5.88. The van der Waals surface area contributed by atoms with E-state index >= 15 is 0 Å². The number of aromatic nitrogens is 2. The van der Waals surface area contributed by atoms with Crippen LogP contribution in [0.15, 0.2) is 42.6 Å². The van der Waals surface area contributed by atoms with Crippen LogP contribution in [0.1, 0.15) is 5.56 Å². The molecule has 1 aromatic carbocycles. The topological polar surface area (TPSA) is 77.4 Å². The highest BCUT2D eigenvalue weighted by atomic mass is 16.6. The monoisotopic (exact) mass is 316 g/mol. The fourth-order valence-electron chi connectivity index (χ4n) is 2.34. The molecule has 2 N–H and O–H groups in total. The minimum atomic E-state index is -0.283. The maximum Gasteiger partial charge on any atom is 0.320 e. The van der Waals surface area contributed by atoms with Crippen molar-refractivity contribution in [2.45, 2.75) is 12.6 Å². The van der Waals surface area contributed by atoms with Crippen LogP contribution in [-0.4, -0.2) is 48.3 Å². The first-order chi connectivity index (χ1) is 11.3. The molecular weight excluding hydrogens is 296 g/mol. The summed E-state index contributed by atoms with van der Waals surface area (Å²) in [7, 11) is 0. The normalized spacial score (nSPS) is 17.7. The van der Waals surface area contributed by atoms with Crippen LogP contribution in [0.4, 0.5) is 10.6 Å². The summed E-state index contributed by atoms with van der Waals surface area (Å²) in [5, 5.41) is 9.83. The molecule has 1 atom stereocenters. The van der Waals surface area contributed by atoms with Gasteiger partial charge < -0.3 is 14.8 Å². The maximum absolute atomic E-state index is 12.0. The molecule has 2 heterocycles. The van der Waals surface area contributed by atoms with Gasteiger partial charge in [-0.2, -0.15) is 5.10 Å². The molecule has 2 amide bonds. The van der Waals surface area contributed by atoms with Gasteiger partial charge in [0.1, 0.15) is 5.82 Å². The summed E-state index contributed by atoms with van der Waals surface area (Å²) in [6, 6.07) is 11.4. The zero-order valence-corrected chi connectivity index (χ0v) is 12.8. The summed E-state index contributed by atoms with van der Waals surface area (Å²) in [4.78, 5) is 12.0. The van der Waals surface area contributed by atoms with Crippen molar-refractivity contribution in [2.75, 3.05) is 31.7 Å². The first-order valence-corrected chi connectivity index (χ1v) is 7.61. The largest absolute Gasteiger partial charge is 0.376 e. The number of hydrogen-bond acceptors (Lipinski definition) is 4. The Morgan fingerprint density at radius 3 is 2.91 bits per heavy atom. The average Bonchev–Trinajstić information content (AvgIpc) is 3.02. The van der Waals surface area contributed by atoms with Crippen molar-refractivity contribution >= 4 is 11.8 Å². The summed E-state index contributed by atoms with van der Waals surface area (Å²) in [6.07, 6.45) is 1.57. The third-order valence-electron chi connectivity index (χ3n) is 3.51. The molecule has 7 heteroatoms. The maximum atomic E-state index is 12.0. The Balaban J connectivity index is 1.51. The molecule has 1 aromatic heterocycles. The summed E-state index contributed by atoms with van der Waals surface area (Å²) < 4.78 is 12.5. The SMILES string of the molecule is O=C(NC[C@@H]1COCCO1)Nc1ccnn1Cc1ccccc1. The first kappa shape index (κ1) is 15.5. The van der Waals surface area contributed by atoms with Crippen molar-refractivity contribution in [1.82, 2.24) is 15.1 Å². The lowest BCUT2D eigenvalue weighted by Gasteiger charge is -2.23. The standard InChI is InChI=1S/C16H20N4O3/c21-16(17-10-14-12-22-8-9-23-14)19-15-6-7-18-20(15)11-13-4-2-1-3-5-13/h1-7,14H,8-12H2,(H2,17,19,21)/t14-/m1/s1. The molecule has 0 spiro atoms. The number of urea groups is 1. The van der Waals surface area contributed by atoms with E-state index < -0.39 is 0 Å². The molecule has 0 radical (unpaired) electrons. The van der Waals surface area contributed by atoms with E-state index in [1.54, 1.807) is 16.9 Å². The van der Waals surface area contributed by atoms with Crippen LogP contribution < -0.4 is 10.6 Å². The van der Waals surface area contributed by atoms with Gasteiger partial charge in [0.15, 0.2) is 0 Å². The van der Waals surface area contributed by atoms with Crippen molar-refractivity contribution in [2.24, 2.45) is 0 Å². The van der Waals surface area contributed by atoms with E-state index in [1.807, 2.05) is 30.3 Å². The predicted octanol–water partition coefficient (Wildman–Crippen LogP) is 1.47. The number of ether oxygens (including phenoxy) is 2. The summed E-state index contributed by atoms with van der Waals surface area (Å²) >= 11 is 0. The molecular formula is C16H20N4O3. The van der Waals surface area contributed by atoms with Crippen molar-refractivity contribution in [1.29, 1.82) is 0 Å². The molecule has 7 nitrogen and oxygen atoms in total. The average molecular weight is 316 g/mol. The Kier molecular flexibility index (Phi) is 5.23. The summed E-state index contributed by atoms with van der Waals surface area (Å²) in [5.74, 6) is 0.646.